The SMILES string of the molecule is O=C(Cn1c(=O)sc2cc(S(=O)(=O)NC3CCCc4ccccc43)ccc21)N1CCOCC1. The number of sulfonamides is 1. The second-order valence-electron chi connectivity index (χ2n) is 8.34. The van der Waals surface area contributed by atoms with Crippen LogP contribution in [0.2, 0.25) is 0 Å². The van der Waals surface area contributed by atoms with E-state index in [1.165, 1.54) is 22.3 Å². The quantitative estimate of drug-likeness (QED) is 0.596. The minimum absolute atomic E-state index is 0.0674. The first kappa shape index (κ1) is 22.3. The van der Waals surface area contributed by atoms with Gasteiger partial charge in [-0.05, 0) is 48.6 Å². The Hall–Kier alpha value is -2.53. The zero-order valence-corrected chi connectivity index (χ0v) is 19.7. The molecule has 5 rings (SSSR count). The van der Waals surface area contributed by atoms with Crippen LogP contribution < -0.4 is 9.60 Å². The fraction of sp³-hybridized carbons (Fsp3) is 0.391. The number of fused-ring (bicyclic) bond motifs is 2. The van der Waals surface area contributed by atoms with Crippen LogP contribution in [0.15, 0.2) is 52.2 Å². The number of nitrogens with zero attached hydrogens (tertiary/aromatic N) is 2. The maximum absolute atomic E-state index is 13.2. The van der Waals surface area contributed by atoms with Gasteiger partial charge >= 0.3 is 4.87 Å². The fourth-order valence-electron chi connectivity index (χ4n) is 4.54. The lowest BCUT2D eigenvalue weighted by Crippen LogP contribution is -2.43. The average Bonchev–Trinajstić information content (AvgIpc) is 3.14. The molecule has 1 amide bonds. The molecule has 10 heteroatoms. The van der Waals surface area contributed by atoms with Crippen molar-refractivity contribution in [3.05, 3.63) is 63.3 Å². The smallest absolute Gasteiger partial charge is 0.308 e. The number of amides is 1. The lowest BCUT2D eigenvalue weighted by molar-refractivity contribution is -0.135. The number of carbonyl (C=O) groups is 1. The molecule has 1 N–H and O–H groups in total. The van der Waals surface area contributed by atoms with Crippen molar-refractivity contribution >= 4 is 37.5 Å². The highest BCUT2D eigenvalue weighted by molar-refractivity contribution is 7.89. The molecule has 1 aliphatic heterocycles. The van der Waals surface area contributed by atoms with Crippen molar-refractivity contribution in [2.45, 2.75) is 36.7 Å². The molecule has 174 valence electrons. The molecule has 1 atom stereocenters. The number of nitrogens with one attached hydrogen (secondary N) is 1. The zero-order chi connectivity index (χ0) is 23.0. The maximum atomic E-state index is 13.2. The minimum atomic E-state index is -3.78. The van der Waals surface area contributed by atoms with Gasteiger partial charge in [-0.15, -0.1) is 0 Å². The van der Waals surface area contributed by atoms with Crippen molar-refractivity contribution in [3.8, 4) is 0 Å². The summed E-state index contributed by atoms with van der Waals surface area (Å²) in [4.78, 5) is 26.7. The first-order chi connectivity index (χ1) is 15.9. The standard InChI is InChI=1S/C23H25N3O5S2/c27-22(25-10-12-31-13-11-25)15-26-20-9-8-17(14-21(20)32-23(26)28)33(29,30)24-19-7-3-5-16-4-1-2-6-18(16)19/h1-2,4,6,8-9,14,19,24H,3,5,7,10-13,15H2. The number of rotatable bonds is 5. The monoisotopic (exact) mass is 487 g/mol. The maximum Gasteiger partial charge on any atom is 0.308 e. The number of carbonyl (C=O) groups excluding carboxylic acids is 1. The summed E-state index contributed by atoms with van der Waals surface area (Å²) >= 11 is 0.952. The summed E-state index contributed by atoms with van der Waals surface area (Å²) in [5, 5.41) is 0. The Balaban J connectivity index is 1.40. The van der Waals surface area contributed by atoms with Crippen molar-refractivity contribution in [2.24, 2.45) is 0 Å². The zero-order valence-electron chi connectivity index (χ0n) is 18.0. The normalized spacial score (nSPS) is 18.9. The molecule has 0 bridgehead atoms. The molecule has 1 fully saturated rings. The second kappa shape index (κ2) is 9.02. The van der Waals surface area contributed by atoms with Gasteiger partial charge in [0.25, 0.3) is 0 Å². The molecule has 0 radical (unpaired) electrons. The van der Waals surface area contributed by atoms with E-state index in [4.69, 9.17) is 4.74 Å². The molecule has 1 saturated heterocycles. The highest BCUT2D eigenvalue weighted by Gasteiger charge is 2.26. The lowest BCUT2D eigenvalue weighted by Gasteiger charge is -2.27. The van der Waals surface area contributed by atoms with E-state index >= 15 is 0 Å². The van der Waals surface area contributed by atoms with Crippen LogP contribution in [0, 0.1) is 0 Å². The van der Waals surface area contributed by atoms with E-state index in [1.54, 1.807) is 11.0 Å². The Labute approximate surface area is 195 Å². The first-order valence-corrected chi connectivity index (χ1v) is 13.3. The van der Waals surface area contributed by atoms with E-state index in [1.807, 2.05) is 24.3 Å². The van der Waals surface area contributed by atoms with E-state index in [9.17, 15) is 18.0 Å². The van der Waals surface area contributed by atoms with Gasteiger partial charge in [-0.3, -0.25) is 14.2 Å². The van der Waals surface area contributed by atoms with Gasteiger partial charge in [0.2, 0.25) is 15.9 Å². The van der Waals surface area contributed by atoms with E-state index in [0.717, 1.165) is 36.2 Å². The van der Waals surface area contributed by atoms with E-state index < -0.39 is 10.0 Å². The third-order valence-corrected chi connectivity index (χ3v) is 8.69. The Morgan fingerprint density at radius 2 is 1.94 bits per heavy atom. The molecule has 33 heavy (non-hydrogen) atoms. The summed E-state index contributed by atoms with van der Waals surface area (Å²) in [6, 6.07) is 12.3. The highest BCUT2D eigenvalue weighted by Crippen LogP contribution is 2.31. The second-order valence-corrected chi connectivity index (χ2v) is 11.0. The van der Waals surface area contributed by atoms with Gasteiger partial charge < -0.3 is 9.64 Å². The van der Waals surface area contributed by atoms with Gasteiger partial charge in [-0.25, -0.2) is 13.1 Å². The fourth-order valence-corrected chi connectivity index (χ4v) is 6.82. The van der Waals surface area contributed by atoms with Crippen molar-refractivity contribution in [2.75, 3.05) is 26.3 Å². The molecule has 2 aliphatic rings. The Bertz CT molecular complexity index is 1360. The number of hydrogen-bond acceptors (Lipinski definition) is 6. The summed E-state index contributed by atoms with van der Waals surface area (Å²) < 4.78 is 36.4. The third kappa shape index (κ3) is 4.48. The molecule has 2 aromatic carbocycles. The topological polar surface area (TPSA) is 97.7 Å². The van der Waals surface area contributed by atoms with Gasteiger partial charge in [-0.1, -0.05) is 35.6 Å². The van der Waals surface area contributed by atoms with E-state index in [0.29, 0.717) is 36.5 Å². The van der Waals surface area contributed by atoms with Gasteiger partial charge in [0.05, 0.1) is 28.3 Å². The number of aryl methyl sites for hydroxylation is 1. The number of ether oxygens (including phenoxy) is 1. The number of benzene rings is 2. The molecule has 2 heterocycles. The van der Waals surface area contributed by atoms with Crippen LogP contribution in [0.25, 0.3) is 10.2 Å². The van der Waals surface area contributed by atoms with Gasteiger partial charge in [-0.2, -0.15) is 0 Å². The van der Waals surface area contributed by atoms with Crippen molar-refractivity contribution in [1.82, 2.24) is 14.2 Å². The van der Waals surface area contributed by atoms with Crippen LogP contribution in [-0.4, -0.2) is 50.1 Å². The van der Waals surface area contributed by atoms with Crippen molar-refractivity contribution < 1.29 is 17.9 Å². The molecular formula is C23H25N3O5S2. The molecule has 8 nitrogen and oxygen atoms in total. The van der Waals surface area contributed by atoms with Crippen molar-refractivity contribution in [1.29, 1.82) is 0 Å². The molecule has 3 aromatic rings. The van der Waals surface area contributed by atoms with Crippen LogP contribution in [0.5, 0.6) is 0 Å². The van der Waals surface area contributed by atoms with Crippen LogP contribution in [-0.2, 0) is 32.5 Å². The highest BCUT2D eigenvalue weighted by atomic mass is 32.2. The largest absolute Gasteiger partial charge is 0.378 e. The van der Waals surface area contributed by atoms with E-state index in [2.05, 4.69) is 4.72 Å². The molecule has 0 saturated carbocycles. The number of aromatic nitrogens is 1. The third-order valence-electron chi connectivity index (χ3n) is 6.27. The van der Waals surface area contributed by atoms with Gasteiger partial charge in [0.15, 0.2) is 0 Å². The molecule has 1 aliphatic carbocycles. The Morgan fingerprint density at radius 1 is 1.15 bits per heavy atom. The van der Waals surface area contributed by atoms with Crippen LogP contribution in [0.3, 0.4) is 0 Å². The van der Waals surface area contributed by atoms with Crippen LogP contribution >= 0.6 is 11.3 Å². The predicted octanol–water partition coefficient (Wildman–Crippen LogP) is 2.28. The lowest BCUT2D eigenvalue weighted by atomic mass is 9.88. The number of hydrogen-bond donors (Lipinski definition) is 1. The van der Waals surface area contributed by atoms with Crippen molar-refractivity contribution in [3.63, 3.8) is 0 Å². The van der Waals surface area contributed by atoms with Crippen LogP contribution in [0.1, 0.15) is 30.0 Å². The summed E-state index contributed by atoms with van der Waals surface area (Å²) in [5.41, 5.74) is 2.76. The summed E-state index contributed by atoms with van der Waals surface area (Å²) in [6.07, 6.45) is 2.61. The summed E-state index contributed by atoms with van der Waals surface area (Å²) in [7, 11) is -3.78. The Morgan fingerprint density at radius 3 is 2.76 bits per heavy atom. The Kier molecular flexibility index (Phi) is 6.09. The summed E-state index contributed by atoms with van der Waals surface area (Å²) in [6.45, 7) is 1.93. The molecule has 1 aromatic heterocycles. The van der Waals surface area contributed by atoms with Gasteiger partial charge in [0, 0.05) is 19.1 Å². The summed E-state index contributed by atoms with van der Waals surface area (Å²) in [5.74, 6) is -0.144. The molecular weight excluding hydrogens is 462 g/mol. The molecule has 0 spiro atoms. The van der Waals surface area contributed by atoms with Crippen LogP contribution in [0.4, 0.5) is 0 Å². The minimum Gasteiger partial charge on any atom is -0.378 e. The number of morpholine rings is 1. The number of thiazole rings is 1. The average molecular weight is 488 g/mol. The molecule has 1 unspecified atom stereocenters. The van der Waals surface area contributed by atoms with E-state index in [-0.39, 0.29) is 28.3 Å². The van der Waals surface area contributed by atoms with Gasteiger partial charge in [0.1, 0.15) is 6.54 Å². The predicted molar refractivity (Wildman–Crippen MR) is 126 cm³/mol. The first-order valence-electron chi connectivity index (χ1n) is 11.0.